The van der Waals surface area contributed by atoms with E-state index in [-0.39, 0.29) is 20.9 Å². The van der Waals surface area contributed by atoms with E-state index in [9.17, 15) is 0 Å². The highest BCUT2D eigenvalue weighted by Gasteiger charge is 2.61. The van der Waals surface area contributed by atoms with Crippen LogP contribution in [0.15, 0.2) is 143 Å². The lowest BCUT2D eigenvalue weighted by Gasteiger charge is -2.62. The van der Waals surface area contributed by atoms with Gasteiger partial charge in [-0.3, -0.25) is 0 Å². The molecule has 2 aromatic rings. The molecule has 4 aliphatic heterocycles. The van der Waals surface area contributed by atoms with Gasteiger partial charge in [-0.1, -0.05) is 97.7 Å². The average molecular weight is 559 g/mol. The van der Waals surface area contributed by atoms with Gasteiger partial charge in [0, 0.05) is 22.6 Å². The summed E-state index contributed by atoms with van der Waals surface area (Å²) in [6.45, 7) is 19.4. The first-order valence-electron chi connectivity index (χ1n) is 15.5. The molecule has 6 rings (SSSR count). The molecule has 0 aliphatic carbocycles. The van der Waals surface area contributed by atoms with Gasteiger partial charge < -0.3 is 14.2 Å². The Balaban J connectivity index is 1.80. The predicted octanol–water partition coefficient (Wildman–Crippen LogP) is 8.17. The molecular weight excluding hydrogens is 519 g/mol. The van der Waals surface area contributed by atoms with Gasteiger partial charge in [0.15, 0.2) is 0 Å². The Kier molecular flexibility index (Phi) is 7.64. The normalized spacial score (nSPS) is 21.9. The van der Waals surface area contributed by atoms with Gasteiger partial charge in [0.2, 0.25) is 0 Å². The summed E-state index contributed by atoms with van der Waals surface area (Å²) in [4.78, 5) is 0. The third-order valence-corrected chi connectivity index (χ3v) is 9.56. The Morgan fingerprint density at radius 3 is 2.00 bits per heavy atom. The number of fused-ring (bicyclic) bond motifs is 10. The number of rotatable bonds is 3. The Bertz CT molecular complexity index is 1750. The van der Waals surface area contributed by atoms with Crippen LogP contribution in [-0.4, -0.2) is 30.4 Å². The Hall–Kier alpha value is -4.31. The van der Waals surface area contributed by atoms with E-state index in [0.29, 0.717) is 0 Å². The summed E-state index contributed by atoms with van der Waals surface area (Å²) in [6, 6.07) is 18.0. The van der Waals surface area contributed by atoms with Crippen LogP contribution in [0.2, 0.25) is 0 Å². The second-order valence-electron chi connectivity index (χ2n) is 11.5. The molecule has 4 aliphatic rings. The third-order valence-electron chi connectivity index (χ3n) is 9.56. The van der Waals surface area contributed by atoms with Crippen molar-refractivity contribution in [1.29, 1.82) is 0 Å². The molecule has 1 saturated heterocycles. The van der Waals surface area contributed by atoms with E-state index >= 15 is 0 Å². The summed E-state index contributed by atoms with van der Waals surface area (Å²) in [7, 11) is 0. The molecule has 6 heteroatoms. The molecule has 0 spiro atoms. The molecule has 1 fully saturated rings. The minimum absolute atomic E-state index is 0.0112. The first kappa shape index (κ1) is 28.8. The van der Waals surface area contributed by atoms with Gasteiger partial charge in [0.05, 0.1) is 0 Å². The van der Waals surface area contributed by atoms with Crippen molar-refractivity contribution >= 4 is 43.2 Å². The van der Waals surface area contributed by atoms with Crippen molar-refractivity contribution in [3.05, 3.63) is 154 Å². The first-order chi connectivity index (χ1) is 21.0. The van der Waals surface area contributed by atoms with Crippen LogP contribution in [0.4, 0.5) is 5.69 Å². The monoisotopic (exact) mass is 559 g/mol. The van der Waals surface area contributed by atoms with Gasteiger partial charge in [-0.05, 0) is 105 Å². The zero-order valence-corrected chi connectivity index (χ0v) is 26.6. The first-order valence-corrected chi connectivity index (χ1v) is 15.5. The number of hydrogen-bond donors (Lipinski definition) is 0. The van der Waals surface area contributed by atoms with Crippen molar-refractivity contribution in [2.45, 2.75) is 48.5 Å². The molecule has 0 atom stereocenters. The summed E-state index contributed by atoms with van der Waals surface area (Å²) in [6.07, 6.45) is 20.0. The lowest BCUT2D eigenvalue weighted by atomic mass is 9.33. The molecule has 4 heterocycles. The Morgan fingerprint density at radius 2 is 1.35 bits per heavy atom. The van der Waals surface area contributed by atoms with Crippen molar-refractivity contribution < 1.29 is 0 Å². The number of allylic oxidation sites excluding steroid dienone is 15. The molecule has 2 aromatic carbocycles. The molecule has 0 aromatic heterocycles. The maximum atomic E-state index is 4.03. The minimum atomic E-state index is -0.0246. The second-order valence-corrected chi connectivity index (χ2v) is 11.5. The van der Waals surface area contributed by atoms with E-state index in [4.69, 9.17) is 0 Å². The lowest BCUT2D eigenvalue weighted by molar-refractivity contribution is 0.671. The Labute approximate surface area is 259 Å². The molecular formula is C37H40B3N3. The summed E-state index contributed by atoms with van der Waals surface area (Å²) in [5.74, 6) is 0. The van der Waals surface area contributed by atoms with Crippen LogP contribution in [0, 0.1) is 0 Å². The highest BCUT2D eigenvalue weighted by molar-refractivity contribution is 7.03. The zero-order chi connectivity index (χ0) is 30.4. The Morgan fingerprint density at radius 1 is 0.651 bits per heavy atom. The van der Waals surface area contributed by atoms with Gasteiger partial charge in [-0.25, -0.2) is 0 Å². The lowest BCUT2D eigenvalue weighted by Crippen LogP contribution is -2.83. The number of hydrogen-bond acceptors (Lipinski definition) is 3. The largest absolute Gasteiger partial charge is 0.416 e. The average Bonchev–Trinajstić information content (AvgIpc) is 3.04. The van der Waals surface area contributed by atoms with Gasteiger partial charge >= 0.3 is 20.9 Å². The van der Waals surface area contributed by atoms with Crippen molar-refractivity contribution in [2.75, 3.05) is 4.72 Å². The fraction of sp³-hybridized carbons (Fsp3) is 0.189. The fourth-order valence-electron chi connectivity index (χ4n) is 7.75. The van der Waals surface area contributed by atoms with E-state index in [1.54, 1.807) is 0 Å². The van der Waals surface area contributed by atoms with Crippen LogP contribution in [0.5, 0.6) is 0 Å². The summed E-state index contributed by atoms with van der Waals surface area (Å²) < 4.78 is 8.05. The summed E-state index contributed by atoms with van der Waals surface area (Å²) in [5, 5.41) is 0. The van der Waals surface area contributed by atoms with Gasteiger partial charge in [0.25, 0.3) is 0 Å². The molecule has 3 nitrogen and oxygen atoms in total. The van der Waals surface area contributed by atoms with Crippen LogP contribution in [0.1, 0.15) is 59.6 Å². The molecule has 43 heavy (non-hydrogen) atoms. The van der Waals surface area contributed by atoms with Crippen LogP contribution in [0.3, 0.4) is 0 Å². The smallest absolute Gasteiger partial charge is 0.389 e. The molecule has 0 radical (unpaired) electrons. The van der Waals surface area contributed by atoms with Gasteiger partial charge in [-0.15, -0.1) is 0 Å². The summed E-state index contributed by atoms with van der Waals surface area (Å²) >= 11 is 0. The van der Waals surface area contributed by atoms with Gasteiger partial charge in [0.1, 0.15) is 0 Å². The predicted molar refractivity (Wildman–Crippen MR) is 190 cm³/mol. The quantitative estimate of drug-likeness (QED) is 0.278. The maximum Gasteiger partial charge on any atom is 0.389 e. The molecule has 212 valence electrons. The topological polar surface area (TPSA) is 9.72 Å². The molecule has 0 saturated carbocycles. The molecule has 0 amide bonds. The van der Waals surface area contributed by atoms with E-state index in [2.05, 4.69) is 166 Å². The second kappa shape index (κ2) is 11.4. The van der Waals surface area contributed by atoms with Crippen LogP contribution in [-0.2, 0) is 0 Å². The number of benzene rings is 2. The molecule has 0 unspecified atom stereocenters. The van der Waals surface area contributed by atoms with Crippen molar-refractivity contribution in [3.8, 4) is 0 Å². The SMILES string of the molecule is C=C/C=C\C1=C(C)C(C)=C(/C=C\C)B2N1B1c3ccccc3C(=C/C)/C(=C\C)N1B1C(=C/C)/C(=C\C)c3ccccc3N21. The highest BCUT2D eigenvalue weighted by atomic mass is 15.3. The third kappa shape index (κ3) is 4.07. The maximum absolute atomic E-state index is 4.03. The van der Waals surface area contributed by atoms with Crippen LogP contribution in [0.25, 0.3) is 11.1 Å². The number of para-hydroxylation sites is 1. The van der Waals surface area contributed by atoms with E-state index in [1.165, 1.54) is 66.9 Å². The van der Waals surface area contributed by atoms with Crippen molar-refractivity contribution in [3.63, 3.8) is 0 Å². The highest BCUT2D eigenvalue weighted by Crippen LogP contribution is 2.50. The van der Waals surface area contributed by atoms with E-state index < -0.39 is 0 Å². The zero-order valence-electron chi connectivity index (χ0n) is 26.6. The minimum Gasteiger partial charge on any atom is -0.416 e. The number of anilines is 1. The number of nitrogens with zero attached hydrogens (tertiary/aromatic N) is 3. The van der Waals surface area contributed by atoms with Crippen molar-refractivity contribution in [2.24, 2.45) is 0 Å². The van der Waals surface area contributed by atoms with E-state index in [1.807, 2.05) is 6.08 Å². The van der Waals surface area contributed by atoms with Gasteiger partial charge in [-0.2, -0.15) is 0 Å². The van der Waals surface area contributed by atoms with Crippen LogP contribution >= 0.6 is 0 Å². The van der Waals surface area contributed by atoms with E-state index in [0.717, 1.165) is 0 Å². The fourth-order valence-corrected chi connectivity index (χ4v) is 7.75. The molecule has 0 N–H and O–H groups in total. The standard InChI is InChI=1S/C37H40B3N3/c1-9-15-24-36-27(8)26(7)33(20-10-2)39-42(36)40-34-23-18-16-21-30(34)29(12-4)35(14-6)41(40)38-32(13-5)28(11-3)31-22-17-19-25-37(31)43(38)39/h9-25H,1H2,2-8H3/b20-10-,24-15-,28-11-,29-12-,32-13+,35-14+. The summed E-state index contributed by atoms with van der Waals surface area (Å²) in [5.41, 5.74) is 15.6. The van der Waals surface area contributed by atoms with Crippen molar-refractivity contribution in [1.82, 2.24) is 9.44 Å². The van der Waals surface area contributed by atoms with Crippen LogP contribution < -0.4 is 10.2 Å². The molecule has 0 bridgehead atoms.